The van der Waals surface area contributed by atoms with E-state index in [1.807, 2.05) is 0 Å². The normalized spacial score (nSPS) is 23.8. The van der Waals surface area contributed by atoms with Gasteiger partial charge in [-0.2, -0.15) is 4.72 Å². The van der Waals surface area contributed by atoms with Crippen LogP contribution in [0.4, 0.5) is 13.2 Å². The van der Waals surface area contributed by atoms with E-state index in [4.69, 9.17) is 4.74 Å². The van der Waals surface area contributed by atoms with Crippen molar-refractivity contribution in [3.8, 4) is 5.75 Å². The molecule has 0 radical (unpaired) electrons. The number of ether oxygens (including phenoxy) is 2. The van der Waals surface area contributed by atoms with E-state index >= 15 is 0 Å². The summed E-state index contributed by atoms with van der Waals surface area (Å²) in [5.74, 6) is -1.07. The smallest absolute Gasteiger partial charge is 0.461 e. The molecule has 0 bridgehead atoms. The lowest BCUT2D eigenvalue weighted by atomic mass is 9.91. The number of nitrogens with one attached hydrogen (secondary N) is 1. The van der Waals surface area contributed by atoms with Crippen molar-refractivity contribution in [1.82, 2.24) is 4.72 Å². The largest absolute Gasteiger partial charge is 0.572 e. The zero-order valence-corrected chi connectivity index (χ0v) is 17.1. The summed E-state index contributed by atoms with van der Waals surface area (Å²) < 4.78 is 78.0. The van der Waals surface area contributed by atoms with Crippen molar-refractivity contribution in [3.05, 3.63) is 90.2 Å². The third-order valence-corrected chi connectivity index (χ3v) is 6.86. The van der Waals surface area contributed by atoms with Crippen molar-refractivity contribution in [2.24, 2.45) is 0 Å². The van der Waals surface area contributed by atoms with Crippen molar-refractivity contribution in [2.75, 3.05) is 0 Å². The lowest BCUT2D eigenvalue weighted by Gasteiger charge is -2.37. The molecular formula is C22H20F3NO4S. The minimum Gasteiger partial charge on any atom is -0.461 e. The molecule has 2 atom stereocenters. The summed E-state index contributed by atoms with van der Waals surface area (Å²) in [4.78, 5) is 0. The molecule has 31 heavy (non-hydrogen) atoms. The maximum atomic E-state index is 13.3. The van der Waals surface area contributed by atoms with Gasteiger partial charge >= 0.3 is 6.36 Å². The van der Waals surface area contributed by atoms with Crippen molar-refractivity contribution in [3.63, 3.8) is 0 Å². The Morgan fingerprint density at radius 1 is 0.968 bits per heavy atom. The monoisotopic (exact) mass is 451 g/mol. The summed E-state index contributed by atoms with van der Waals surface area (Å²) in [5, 5.41) is -0.670. The van der Waals surface area contributed by atoms with Crippen LogP contribution in [0.15, 0.2) is 84.7 Å². The van der Waals surface area contributed by atoms with Crippen molar-refractivity contribution >= 4 is 10.0 Å². The number of para-hydroxylation sites is 1. The van der Waals surface area contributed by atoms with E-state index in [0.29, 0.717) is 12.8 Å². The maximum absolute atomic E-state index is 13.3. The predicted molar refractivity (Wildman–Crippen MR) is 108 cm³/mol. The number of hydrogen-bond donors (Lipinski definition) is 1. The quantitative estimate of drug-likeness (QED) is 0.493. The fraction of sp³-hybridized carbons (Fsp3) is 0.273. The van der Waals surface area contributed by atoms with Gasteiger partial charge in [-0.15, -0.1) is 13.2 Å². The van der Waals surface area contributed by atoms with Gasteiger partial charge in [-0.05, 0) is 42.7 Å². The summed E-state index contributed by atoms with van der Waals surface area (Å²) in [6, 6.07) is 16.9. The lowest BCUT2D eigenvalue weighted by Crippen LogP contribution is -2.56. The fourth-order valence-corrected chi connectivity index (χ4v) is 4.87. The second-order valence-corrected chi connectivity index (χ2v) is 9.33. The first kappa shape index (κ1) is 21.5. The molecule has 4 rings (SSSR count). The van der Waals surface area contributed by atoms with Crippen molar-refractivity contribution in [1.29, 1.82) is 0 Å². The van der Waals surface area contributed by atoms with E-state index < -0.39 is 39.0 Å². The first-order valence-electron chi connectivity index (χ1n) is 9.66. The van der Waals surface area contributed by atoms with Gasteiger partial charge in [0, 0.05) is 5.92 Å². The SMILES string of the molecule is O=S(=O)(NC1(Oc2ccccc2)C=CC(c2ccccc2)C=C1OC(F)(F)F)C1CC1. The number of allylic oxidation sites excluding steroid dienone is 2. The van der Waals surface area contributed by atoms with E-state index in [2.05, 4.69) is 9.46 Å². The Morgan fingerprint density at radius 2 is 1.58 bits per heavy atom. The number of sulfonamides is 1. The van der Waals surface area contributed by atoms with E-state index in [-0.39, 0.29) is 5.75 Å². The maximum Gasteiger partial charge on any atom is 0.572 e. The molecule has 2 aromatic carbocycles. The van der Waals surface area contributed by atoms with Gasteiger partial charge in [0.25, 0.3) is 5.72 Å². The molecule has 2 aliphatic carbocycles. The number of rotatable bonds is 7. The first-order chi connectivity index (χ1) is 14.7. The Morgan fingerprint density at radius 3 is 2.16 bits per heavy atom. The van der Waals surface area contributed by atoms with Crippen LogP contribution in [0, 0.1) is 0 Å². The van der Waals surface area contributed by atoms with Gasteiger partial charge in [0.15, 0.2) is 5.76 Å². The molecule has 2 aromatic rings. The van der Waals surface area contributed by atoms with E-state index in [1.54, 1.807) is 54.6 Å². The molecule has 0 aromatic heterocycles. The van der Waals surface area contributed by atoms with Gasteiger partial charge in [0.1, 0.15) is 5.75 Å². The summed E-state index contributed by atoms with van der Waals surface area (Å²) >= 11 is 0. The molecule has 1 saturated carbocycles. The predicted octanol–water partition coefficient (Wildman–Crippen LogP) is 4.62. The van der Waals surface area contributed by atoms with Gasteiger partial charge in [0.2, 0.25) is 10.0 Å². The van der Waals surface area contributed by atoms with Crippen LogP contribution < -0.4 is 9.46 Å². The van der Waals surface area contributed by atoms with Crippen LogP contribution in [-0.2, 0) is 14.8 Å². The molecule has 2 aliphatic rings. The molecule has 0 amide bonds. The molecule has 9 heteroatoms. The molecule has 2 unspecified atom stereocenters. The average molecular weight is 451 g/mol. The second-order valence-electron chi connectivity index (χ2n) is 7.37. The third-order valence-electron chi connectivity index (χ3n) is 4.92. The van der Waals surface area contributed by atoms with Crippen LogP contribution in [0.25, 0.3) is 0 Å². The van der Waals surface area contributed by atoms with Gasteiger partial charge in [0.05, 0.1) is 5.25 Å². The molecule has 0 saturated heterocycles. The van der Waals surface area contributed by atoms with Gasteiger partial charge in [-0.3, -0.25) is 0 Å². The highest BCUT2D eigenvalue weighted by Gasteiger charge is 2.50. The van der Waals surface area contributed by atoms with E-state index in [0.717, 1.165) is 5.56 Å². The molecule has 0 heterocycles. The van der Waals surface area contributed by atoms with E-state index in [9.17, 15) is 21.6 Å². The highest BCUT2D eigenvalue weighted by atomic mass is 32.2. The Kier molecular flexibility index (Phi) is 5.57. The summed E-state index contributed by atoms with van der Waals surface area (Å²) in [7, 11) is -3.95. The molecule has 164 valence electrons. The Balaban J connectivity index is 1.79. The topological polar surface area (TPSA) is 64.6 Å². The minimum absolute atomic E-state index is 0.181. The molecule has 5 nitrogen and oxygen atoms in total. The van der Waals surface area contributed by atoms with E-state index in [1.165, 1.54) is 24.3 Å². The Labute approximate surface area is 178 Å². The van der Waals surface area contributed by atoms with Crippen LogP contribution in [0.3, 0.4) is 0 Å². The van der Waals surface area contributed by atoms with Gasteiger partial charge < -0.3 is 9.47 Å². The summed E-state index contributed by atoms with van der Waals surface area (Å²) in [5.41, 5.74) is -1.45. The van der Waals surface area contributed by atoms with Crippen LogP contribution in [0.1, 0.15) is 24.3 Å². The molecule has 1 N–H and O–H groups in total. The second kappa shape index (κ2) is 8.05. The minimum atomic E-state index is -5.05. The number of alkyl halides is 3. The van der Waals surface area contributed by atoms with Crippen molar-refractivity contribution in [2.45, 2.75) is 36.1 Å². The highest BCUT2D eigenvalue weighted by Crippen LogP contribution is 2.39. The molecule has 0 spiro atoms. The number of benzene rings is 2. The van der Waals surface area contributed by atoms with Crippen LogP contribution in [0.2, 0.25) is 0 Å². The molecule has 1 fully saturated rings. The van der Waals surface area contributed by atoms with Crippen LogP contribution in [0.5, 0.6) is 5.75 Å². The first-order valence-corrected chi connectivity index (χ1v) is 11.2. The number of halogens is 3. The average Bonchev–Trinajstić information content (AvgIpc) is 3.56. The number of hydrogen-bond acceptors (Lipinski definition) is 4. The van der Waals surface area contributed by atoms with Gasteiger partial charge in [-0.25, -0.2) is 8.42 Å². The summed E-state index contributed by atoms with van der Waals surface area (Å²) in [6.45, 7) is 0. The third kappa shape index (κ3) is 5.11. The fourth-order valence-electron chi connectivity index (χ4n) is 3.32. The standard InChI is InChI=1S/C22H20F3NO4S/c23-22(24,25)30-20-15-17(16-7-3-1-4-8-16)13-14-21(20,26-31(27,28)19-11-12-19)29-18-9-5-2-6-10-18/h1-10,13-15,17,19,26H,11-12H2. The Bertz CT molecular complexity index is 1080. The van der Waals surface area contributed by atoms with Crippen LogP contribution in [-0.4, -0.2) is 25.8 Å². The zero-order valence-electron chi connectivity index (χ0n) is 16.2. The highest BCUT2D eigenvalue weighted by molar-refractivity contribution is 7.90. The Hall–Kier alpha value is -2.78. The molecular weight excluding hydrogens is 431 g/mol. The zero-order chi connectivity index (χ0) is 22.1. The lowest BCUT2D eigenvalue weighted by molar-refractivity contribution is -0.312. The molecule has 0 aliphatic heterocycles. The summed E-state index contributed by atoms with van der Waals surface area (Å²) in [6.07, 6.45) is -0.0795. The van der Waals surface area contributed by atoms with Crippen molar-refractivity contribution < 1.29 is 31.1 Å². The van der Waals surface area contributed by atoms with Crippen LogP contribution >= 0.6 is 0 Å². The van der Waals surface area contributed by atoms with Gasteiger partial charge in [-0.1, -0.05) is 54.6 Å².